The highest BCUT2D eigenvalue weighted by atomic mass is 31.2. The Balaban J connectivity index is 2.63. The van der Waals surface area contributed by atoms with Crippen molar-refractivity contribution in [3.8, 4) is 0 Å². The topological polar surface area (TPSA) is 90.9 Å². The molecule has 5 nitrogen and oxygen atoms in total. The van der Waals surface area contributed by atoms with Crippen LogP contribution in [0.4, 0.5) is 0 Å². The van der Waals surface area contributed by atoms with Crippen molar-refractivity contribution in [2.45, 2.75) is 12.1 Å². The molecule has 6 heteroatoms. The fraction of sp³-hybridized carbons (Fsp3) is 0.286. The average molecular weight is 204 g/mol. The van der Waals surface area contributed by atoms with Crippen LogP contribution in [-0.2, 0) is 11.2 Å². The van der Waals surface area contributed by atoms with Gasteiger partial charge in [-0.3, -0.25) is 4.79 Å². The molecule has 0 aliphatic carbocycles. The lowest BCUT2D eigenvalue weighted by Crippen LogP contribution is -2.20. The Morgan fingerprint density at radius 3 is 2.69 bits per heavy atom. The largest absolute Gasteiger partial charge is 0.481 e. The highest BCUT2D eigenvalue weighted by molar-refractivity contribution is 7.47. The van der Waals surface area contributed by atoms with Gasteiger partial charge in [0.2, 0.25) is 0 Å². The second kappa shape index (κ2) is 4.37. The van der Waals surface area contributed by atoms with Crippen molar-refractivity contribution in [1.29, 1.82) is 0 Å². The molecule has 72 valence electrons. The van der Waals surface area contributed by atoms with Crippen molar-refractivity contribution in [3.05, 3.63) is 24.2 Å². The first-order chi connectivity index (χ1) is 6.11. The molecular weight excluding hydrogens is 195 g/mol. The van der Waals surface area contributed by atoms with Crippen molar-refractivity contribution in [2.75, 3.05) is 0 Å². The summed E-state index contributed by atoms with van der Waals surface area (Å²) in [5.74, 6) is -0.796. The van der Waals surface area contributed by atoms with Crippen LogP contribution in [0, 0.1) is 0 Å². The number of carboxylic acids is 1. The monoisotopic (exact) mass is 204 g/mol. The molecule has 1 atom stereocenters. The number of aliphatic carboxylic acids is 1. The van der Waals surface area contributed by atoms with Crippen molar-refractivity contribution in [1.82, 2.24) is 0 Å². The summed E-state index contributed by atoms with van der Waals surface area (Å²) in [5, 5.41) is 8.60. The number of hydrogen-bond donors (Lipinski definition) is 3. The molecule has 0 spiro atoms. The molecule has 0 fully saturated rings. The van der Waals surface area contributed by atoms with Gasteiger partial charge < -0.3 is 19.3 Å². The van der Waals surface area contributed by atoms with Crippen LogP contribution in [0.15, 0.2) is 22.8 Å². The summed E-state index contributed by atoms with van der Waals surface area (Å²) in [6, 6.07) is 3.21. The lowest BCUT2D eigenvalue weighted by Gasteiger charge is -2.10. The molecule has 0 amide bonds. The van der Waals surface area contributed by atoms with Crippen LogP contribution in [0.3, 0.4) is 0 Å². The van der Waals surface area contributed by atoms with Crippen LogP contribution in [0.5, 0.6) is 0 Å². The minimum atomic E-state index is -2.47. The fourth-order valence-electron chi connectivity index (χ4n) is 0.887. The van der Waals surface area contributed by atoms with Crippen molar-refractivity contribution in [2.24, 2.45) is 0 Å². The molecule has 0 bridgehead atoms. The van der Waals surface area contributed by atoms with Gasteiger partial charge in [0, 0.05) is 6.42 Å². The van der Waals surface area contributed by atoms with Crippen LogP contribution in [0.1, 0.15) is 5.76 Å². The maximum atomic E-state index is 10.5. The van der Waals surface area contributed by atoms with Crippen LogP contribution in [-0.4, -0.2) is 26.5 Å². The standard InChI is InChI=1S/C7H9O5P/c8-7(9)6(13(10)11)4-5-2-1-3-12-5/h1-3,6,10-11H,4H2,(H,8,9). The van der Waals surface area contributed by atoms with E-state index in [1.54, 1.807) is 12.1 Å². The summed E-state index contributed by atoms with van der Waals surface area (Å²) in [5.41, 5.74) is -1.18. The molecule has 0 aromatic carbocycles. The van der Waals surface area contributed by atoms with Gasteiger partial charge in [-0.05, 0) is 12.1 Å². The first-order valence-corrected chi connectivity index (χ1v) is 4.85. The van der Waals surface area contributed by atoms with Crippen LogP contribution >= 0.6 is 8.38 Å². The molecule has 1 aromatic rings. The van der Waals surface area contributed by atoms with Gasteiger partial charge in [-0.2, -0.15) is 0 Å². The van der Waals surface area contributed by atoms with E-state index in [1.807, 2.05) is 0 Å². The van der Waals surface area contributed by atoms with E-state index in [2.05, 4.69) is 0 Å². The summed E-state index contributed by atoms with van der Waals surface area (Å²) < 4.78 is 4.89. The Morgan fingerprint density at radius 1 is 1.62 bits per heavy atom. The van der Waals surface area contributed by atoms with Crippen LogP contribution in [0.2, 0.25) is 0 Å². The second-order valence-corrected chi connectivity index (χ2v) is 3.72. The van der Waals surface area contributed by atoms with Crippen molar-refractivity contribution in [3.63, 3.8) is 0 Å². The number of furan rings is 1. The molecule has 0 aliphatic heterocycles. The number of carboxylic acid groups (broad SMARTS) is 1. The third-order valence-electron chi connectivity index (χ3n) is 1.54. The quantitative estimate of drug-likeness (QED) is 0.623. The minimum Gasteiger partial charge on any atom is -0.481 e. The van der Waals surface area contributed by atoms with E-state index >= 15 is 0 Å². The van der Waals surface area contributed by atoms with Gasteiger partial charge in [0.15, 0.2) is 8.38 Å². The summed E-state index contributed by atoms with van der Waals surface area (Å²) in [6.45, 7) is 0. The van der Waals surface area contributed by atoms with Gasteiger partial charge in [0.05, 0.1) is 6.26 Å². The van der Waals surface area contributed by atoms with E-state index in [0.29, 0.717) is 5.76 Å². The molecule has 0 saturated carbocycles. The maximum absolute atomic E-state index is 10.5. The van der Waals surface area contributed by atoms with Gasteiger partial charge >= 0.3 is 5.97 Å². The van der Waals surface area contributed by atoms with Crippen LogP contribution in [0.25, 0.3) is 0 Å². The molecule has 1 unspecified atom stereocenters. The molecular formula is C7H9O5P. The van der Waals surface area contributed by atoms with E-state index in [1.165, 1.54) is 6.26 Å². The van der Waals surface area contributed by atoms with Crippen molar-refractivity contribution >= 4 is 14.3 Å². The molecule has 0 radical (unpaired) electrons. The summed E-state index contributed by atoms with van der Waals surface area (Å²) in [7, 11) is -2.47. The molecule has 0 saturated heterocycles. The number of carbonyl (C=O) groups is 1. The minimum absolute atomic E-state index is 0.00103. The van der Waals surface area contributed by atoms with Gasteiger partial charge in [0.25, 0.3) is 0 Å². The lowest BCUT2D eigenvalue weighted by molar-refractivity contribution is -0.136. The van der Waals surface area contributed by atoms with Gasteiger partial charge in [0.1, 0.15) is 11.4 Å². The zero-order valence-corrected chi connectivity index (χ0v) is 7.52. The van der Waals surface area contributed by atoms with E-state index in [-0.39, 0.29) is 6.42 Å². The first-order valence-electron chi connectivity index (χ1n) is 3.53. The molecule has 3 N–H and O–H groups in total. The smallest absolute Gasteiger partial charge is 0.316 e. The molecule has 13 heavy (non-hydrogen) atoms. The highest BCUT2D eigenvalue weighted by Gasteiger charge is 2.27. The normalized spacial score (nSPS) is 13.2. The third kappa shape index (κ3) is 2.81. The van der Waals surface area contributed by atoms with E-state index in [0.717, 1.165) is 0 Å². The summed E-state index contributed by atoms with van der Waals surface area (Å²) >= 11 is 0. The van der Waals surface area contributed by atoms with Gasteiger partial charge in [-0.1, -0.05) is 0 Å². The van der Waals surface area contributed by atoms with E-state index in [4.69, 9.17) is 19.3 Å². The Labute approximate surface area is 75.5 Å². The maximum Gasteiger partial charge on any atom is 0.316 e. The second-order valence-electron chi connectivity index (χ2n) is 2.46. The van der Waals surface area contributed by atoms with E-state index in [9.17, 15) is 4.79 Å². The van der Waals surface area contributed by atoms with E-state index < -0.39 is 20.0 Å². The predicted octanol–water partition coefficient (Wildman–Crippen LogP) is 0.572. The Morgan fingerprint density at radius 2 is 2.31 bits per heavy atom. The van der Waals surface area contributed by atoms with Gasteiger partial charge in [-0.15, -0.1) is 0 Å². The summed E-state index contributed by atoms with van der Waals surface area (Å²) in [4.78, 5) is 28.1. The summed E-state index contributed by atoms with van der Waals surface area (Å²) in [6.07, 6.45) is 1.41. The lowest BCUT2D eigenvalue weighted by atomic mass is 10.2. The van der Waals surface area contributed by atoms with Crippen LogP contribution < -0.4 is 0 Å². The number of hydrogen-bond acceptors (Lipinski definition) is 4. The molecule has 1 rings (SSSR count). The highest BCUT2D eigenvalue weighted by Crippen LogP contribution is 2.33. The van der Waals surface area contributed by atoms with Crippen molar-refractivity contribution < 1.29 is 24.1 Å². The molecule has 1 heterocycles. The fourth-order valence-corrected chi connectivity index (χ4v) is 1.43. The SMILES string of the molecule is O=C(O)C(Cc1ccco1)P(O)O. The Kier molecular flexibility index (Phi) is 3.42. The first kappa shape index (κ1) is 10.2. The molecule has 0 aliphatic rings. The Hall–Kier alpha value is -0.900. The zero-order chi connectivity index (χ0) is 9.84. The zero-order valence-electron chi connectivity index (χ0n) is 6.62. The third-order valence-corrected chi connectivity index (χ3v) is 2.50. The molecule has 1 aromatic heterocycles. The predicted molar refractivity (Wildman–Crippen MR) is 45.2 cm³/mol. The average Bonchev–Trinajstić information content (AvgIpc) is 2.50. The number of rotatable bonds is 4. The van der Waals surface area contributed by atoms with Gasteiger partial charge in [-0.25, -0.2) is 0 Å². The Bertz CT molecular complexity index is 268.